The van der Waals surface area contributed by atoms with Crippen molar-refractivity contribution in [2.75, 3.05) is 0 Å². The van der Waals surface area contributed by atoms with Crippen LogP contribution < -0.4 is 5.46 Å². The van der Waals surface area contributed by atoms with Gasteiger partial charge >= 0.3 is 7.12 Å². The summed E-state index contributed by atoms with van der Waals surface area (Å²) >= 11 is 0. The van der Waals surface area contributed by atoms with Crippen LogP contribution >= 0.6 is 0 Å². The highest BCUT2D eigenvalue weighted by Crippen LogP contribution is 2.42. The SMILES string of the molecule is OB(O)c1ccc(C2CC2)c(-n2cccn2)c1. The van der Waals surface area contributed by atoms with Gasteiger partial charge in [0.15, 0.2) is 0 Å². The summed E-state index contributed by atoms with van der Waals surface area (Å²) in [6.07, 6.45) is 6.00. The maximum atomic E-state index is 9.22. The van der Waals surface area contributed by atoms with E-state index in [-0.39, 0.29) is 0 Å². The van der Waals surface area contributed by atoms with Crippen LogP contribution in [0.15, 0.2) is 36.7 Å². The summed E-state index contributed by atoms with van der Waals surface area (Å²) in [6, 6.07) is 7.40. The van der Waals surface area contributed by atoms with Crippen molar-refractivity contribution >= 4 is 12.6 Å². The molecule has 0 saturated heterocycles. The second kappa shape index (κ2) is 4.02. The number of aromatic nitrogens is 2. The first-order valence-electron chi connectivity index (χ1n) is 5.75. The minimum Gasteiger partial charge on any atom is -0.423 e. The van der Waals surface area contributed by atoms with Gasteiger partial charge in [-0.25, -0.2) is 4.68 Å². The summed E-state index contributed by atoms with van der Waals surface area (Å²) in [4.78, 5) is 0. The van der Waals surface area contributed by atoms with Crippen molar-refractivity contribution < 1.29 is 10.0 Å². The Hall–Kier alpha value is -1.59. The number of nitrogens with zero attached hydrogens (tertiary/aromatic N) is 2. The fraction of sp³-hybridized carbons (Fsp3) is 0.250. The molecule has 17 heavy (non-hydrogen) atoms. The lowest BCUT2D eigenvalue weighted by molar-refractivity contribution is 0.425. The summed E-state index contributed by atoms with van der Waals surface area (Å²) in [6.45, 7) is 0. The highest BCUT2D eigenvalue weighted by atomic mass is 16.4. The molecule has 0 aliphatic heterocycles. The Morgan fingerprint density at radius 2 is 2.12 bits per heavy atom. The van der Waals surface area contributed by atoms with Crippen LogP contribution in [0.4, 0.5) is 0 Å². The molecule has 4 nitrogen and oxygen atoms in total. The summed E-state index contributed by atoms with van der Waals surface area (Å²) in [5.74, 6) is 0.596. The maximum Gasteiger partial charge on any atom is 0.488 e. The van der Waals surface area contributed by atoms with Gasteiger partial charge in [-0.2, -0.15) is 5.10 Å². The zero-order chi connectivity index (χ0) is 11.8. The lowest BCUT2D eigenvalue weighted by Crippen LogP contribution is -2.30. The quantitative estimate of drug-likeness (QED) is 0.749. The third-order valence-corrected chi connectivity index (χ3v) is 3.12. The molecule has 2 aromatic rings. The minimum absolute atomic E-state index is 0.500. The van der Waals surface area contributed by atoms with Crippen LogP contribution in [0.1, 0.15) is 24.3 Å². The van der Waals surface area contributed by atoms with Gasteiger partial charge < -0.3 is 10.0 Å². The molecule has 1 fully saturated rings. The number of hydrogen-bond donors (Lipinski definition) is 2. The molecule has 0 spiro atoms. The molecular weight excluding hydrogens is 215 g/mol. The van der Waals surface area contributed by atoms with Crippen molar-refractivity contribution in [2.24, 2.45) is 0 Å². The van der Waals surface area contributed by atoms with E-state index < -0.39 is 7.12 Å². The highest BCUT2D eigenvalue weighted by Gasteiger charge is 2.27. The standard InChI is InChI=1S/C12H13BN2O2/c16-13(17)10-4-5-11(9-2-3-9)12(8-10)15-7-1-6-14-15/h1,4-9,16-17H,2-3H2. The average Bonchev–Trinajstić information content (AvgIpc) is 3.03. The van der Waals surface area contributed by atoms with Crippen molar-refractivity contribution in [3.8, 4) is 5.69 Å². The van der Waals surface area contributed by atoms with Crippen molar-refractivity contribution in [1.29, 1.82) is 0 Å². The Bertz CT molecular complexity index is 521. The third-order valence-electron chi connectivity index (χ3n) is 3.12. The Balaban J connectivity index is 2.11. The Morgan fingerprint density at radius 1 is 1.29 bits per heavy atom. The largest absolute Gasteiger partial charge is 0.488 e. The molecule has 0 bridgehead atoms. The topological polar surface area (TPSA) is 58.3 Å². The molecule has 1 heterocycles. The molecule has 1 aromatic heterocycles. The van der Waals surface area contributed by atoms with E-state index in [4.69, 9.17) is 0 Å². The predicted molar refractivity (Wildman–Crippen MR) is 65.4 cm³/mol. The van der Waals surface area contributed by atoms with Crippen LogP contribution in [-0.2, 0) is 0 Å². The second-order valence-electron chi connectivity index (χ2n) is 4.42. The summed E-state index contributed by atoms with van der Waals surface area (Å²) < 4.78 is 1.78. The molecular formula is C12H13BN2O2. The van der Waals surface area contributed by atoms with Crippen LogP contribution in [0, 0.1) is 0 Å². The summed E-state index contributed by atoms with van der Waals surface area (Å²) in [7, 11) is -1.43. The molecule has 2 N–H and O–H groups in total. The fourth-order valence-electron chi connectivity index (χ4n) is 2.07. The van der Waals surface area contributed by atoms with Crippen LogP contribution in [-0.4, -0.2) is 26.9 Å². The molecule has 0 amide bonds. The number of rotatable bonds is 3. The number of benzene rings is 1. The normalized spacial score (nSPS) is 14.9. The van der Waals surface area contributed by atoms with Crippen molar-refractivity contribution in [3.05, 3.63) is 42.2 Å². The van der Waals surface area contributed by atoms with Gasteiger partial charge in [0.05, 0.1) is 5.69 Å². The summed E-state index contributed by atoms with van der Waals surface area (Å²) in [5.41, 5.74) is 2.68. The van der Waals surface area contributed by atoms with E-state index >= 15 is 0 Å². The van der Waals surface area contributed by atoms with Crippen molar-refractivity contribution in [2.45, 2.75) is 18.8 Å². The van der Waals surface area contributed by atoms with Gasteiger partial charge in [-0.15, -0.1) is 0 Å². The van der Waals surface area contributed by atoms with Crippen molar-refractivity contribution in [1.82, 2.24) is 9.78 Å². The van der Waals surface area contributed by atoms with Crippen LogP contribution in [0.25, 0.3) is 5.69 Å². The third kappa shape index (κ3) is 1.99. The molecule has 3 rings (SSSR count). The monoisotopic (exact) mass is 228 g/mol. The van der Waals surface area contributed by atoms with E-state index in [0.29, 0.717) is 11.4 Å². The Kier molecular flexibility index (Phi) is 2.50. The van der Waals surface area contributed by atoms with Crippen LogP contribution in [0.3, 0.4) is 0 Å². The van der Waals surface area contributed by atoms with Gasteiger partial charge in [0.25, 0.3) is 0 Å². The minimum atomic E-state index is -1.43. The van der Waals surface area contributed by atoms with Crippen LogP contribution in [0.5, 0.6) is 0 Å². The first-order chi connectivity index (χ1) is 8.25. The van der Waals surface area contributed by atoms with Gasteiger partial charge in [0.2, 0.25) is 0 Å². The molecule has 0 atom stereocenters. The zero-order valence-corrected chi connectivity index (χ0v) is 9.32. The molecule has 1 aliphatic rings. The molecule has 1 aromatic carbocycles. The Labute approximate surface area is 99.7 Å². The smallest absolute Gasteiger partial charge is 0.423 e. The number of hydrogen-bond acceptors (Lipinski definition) is 3. The van der Waals surface area contributed by atoms with Crippen molar-refractivity contribution in [3.63, 3.8) is 0 Å². The van der Waals surface area contributed by atoms with Crippen LogP contribution in [0.2, 0.25) is 0 Å². The van der Waals surface area contributed by atoms with E-state index in [1.54, 1.807) is 23.0 Å². The molecule has 0 unspecified atom stereocenters. The molecule has 0 radical (unpaired) electrons. The van der Waals surface area contributed by atoms with E-state index in [9.17, 15) is 10.0 Å². The van der Waals surface area contributed by atoms with E-state index in [1.165, 1.54) is 18.4 Å². The Morgan fingerprint density at radius 3 is 2.71 bits per heavy atom. The molecule has 5 heteroatoms. The van der Waals surface area contributed by atoms with E-state index in [0.717, 1.165) is 5.69 Å². The van der Waals surface area contributed by atoms with Gasteiger partial charge in [0.1, 0.15) is 0 Å². The maximum absolute atomic E-state index is 9.22. The predicted octanol–water partition coefficient (Wildman–Crippen LogP) is 0.429. The van der Waals surface area contributed by atoms with Gasteiger partial charge in [-0.3, -0.25) is 0 Å². The van der Waals surface area contributed by atoms with E-state index in [1.807, 2.05) is 18.3 Å². The van der Waals surface area contributed by atoms with Gasteiger partial charge in [0, 0.05) is 12.4 Å². The zero-order valence-electron chi connectivity index (χ0n) is 9.32. The molecule has 1 saturated carbocycles. The fourth-order valence-corrected chi connectivity index (χ4v) is 2.07. The first kappa shape index (κ1) is 10.6. The molecule has 1 aliphatic carbocycles. The lowest BCUT2D eigenvalue weighted by Gasteiger charge is -2.11. The average molecular weight is 228 g/mol. The van der Waals surface area contributed by atoms with E-state index in [2.05, 4.69) is 5.10 Å². The second-order valence-corrected chi connectivity index (χ2v) is 4.42. The van der Waals surface area contributed by atoms with Gasteiger partial charge in [-0.05, 0) is 41.9 Å². The highest BCUT2D eigenvalue weighted by molar-refractivity contribution is 6.58. The lowest BCUT2D eigenvalue weighted by atomic mass is 9.79. The molecule has 86 valence electrons. The summed E-state index contributed by atoms with van der Waals surface area (Å²) in [5, 5.41) is 22.6. The van der Waals surface area contributed by atoms with Gasteiger partial charge in [-0.1, -0.05) is 12.1 Å². The first-order valence-corrected chi connectivity index (χ1v) is 5.75.